The van der Waals surface area contributed by atoms with Gasteiger partial charge in [0, 0.05) is 20.2 Å². The van der Waals surface area contributed by atoms with E-state index in [2.05, 4.69) is 11.0 Å². The monoisotopic (exact) mass is 264 g/mol. The Hall–Kier alpha value is -1.24. The van der Waals surface area contributed by atoms with E-state index in [4.69, 9.17) is 21.6 Å². The molecule has 1 unspecified atom stereocenters. The van der Waals surface area contributed by atoms with Crippen molar-refractivity contribution < 1.29 is 4.74 Å². The summed E-state index contributed by atoms with van der Waals surface area (Å²) in [6.45, 7) is 2.79. The number of methoxy groups -OCH3 is 1. The lowest BCUT2D eigenvalue weighted by Gasteiger charge is -2.34. The van der Waals surface area contributed by atoms with Gasteiger partial charge in [-0.2, -0.15) is 5.26 Å². The first-order chi connectivity index (χ1) is 8.74. The summed E-state index contributed by atoms with van der Waals surface area (Å²) >= 11 is 6.24. The summed E-state index contributed by atoms with van der Waals surface area (Å²) in [5, 5.41) is 9.50. The number of anilines is 1. The van der Waals surface area contributed by atoms with Crippen molar-refractivity contribution >= 4 is 17.3 Å². The summed E-state index contributed by atoms with van der Waals surface area (Å²) in [6, 6.07) is 7.60. The second-order valence-corrected chi connectivity index (χ2v) is 5.09. The first kappa shape index (κ1) is 13.2. The number of piperidine rings is 1. The summed E-state index contributed by atoms with van der Waals surface area (Å²) in [4.78, 5) is 2.29. The van der Waals surface area contributed by atoms with Crippen LogP contribution in [0.3, 0.4) is 0 Å². The average molecular weight is 265 g/mol. The fourth-order valence-electron chi connectivity index (χ4n) is 2.49. The van der Waals surface area contributed by atoms with Crippen LogP contribution < -0.4 is 4.90 Å². The van der Waals surface area contributed by atoms with Crippen LogP contribution in [0.4, 0.5) is 5.69 Å². The van der Waals surface area contributed by atoms with Crippen molar-refractivity contribution in [1.82, 2.24) is 0 Å². The molecule has 0 radical (unpaired) electrons. The van der Waals surface area contributed by atoms with Gasteiger partial charge in [0.25, 0.3) is 0 Å². The number of halogens is 1. The molecule has 1 aromatic rings. The molecule has 96 valence electrons. The maximum atomic E-state index is 8.84. The maximum absolute atomic E-state index is 8.84. The number of benzene rings is 1. The topological polar surface area (TPSA) is 36.3 Å². The molecule has 0 saturated carbocycles. The van der Waals surface area contributed by atoms with Crippen LogP contribution in [0.15, 0.2) is 18.2 Å². The zero-order valence-corrected chi connectivity index (χ0v) is 11.3. The van der Waals surface area contributed by atoms with E-state index in [1.54, 1.807) is 13.2 Å². The summed E-state index contributed by atoms with van der Waals surface area (Å²) in [5.41, 5.74) is 1.63. The van der Waals surface area contributed by atoms with Crippen LogP contribution in [0.5, 0.6) is 0 Å². The van der Waals surface area contributed by atoms with Crippen molar-refractivity contribution in [1.29, 1.82) is 5.26 Å². The van der Waals surface area contributed by atoms with Gasteiger partial charge in [0.15, 0.2) is 0 Å². The fourth-order valence-corrected chi connectivity index (χ4v) is 2.79. The lowest BCUT2D eigenvalue weighted by molar-refractivity contribution is 0.143. The first-order valence-electron chi connectivity index (χ1n) is 6.18. The molecule has 0 amide bonds. The number of nitriles is 1. The highest BCUT2D eigenvalue weighted by atomic mass is 35.5. The molecule has 4 heteroatoms. The number of hydrogen-bond acceptors (Lipinski definition) is 3. The minimum atomic E-state index is 0.565. The smallest absolute Gasteiger partial charge is 0.0992 e. The summed E-state index contributed by atoms with van der Waals surface area (Å²) in [5.74, 6) is 0.565. The van der Waals surface area contributed by atoms with Gasteiger partial charge >= 0.3 is 0 Å². The molecule has 0 spiro atoms. The number of nitrogens with zero attached hydrogens (tertiary/aromatic N) is 2. The van der Waals surface area contributed by atoms with Crippen LogP contribution in [0.2, 0.25) is 5.02 Å². The minimum absolute atomic E-state index is 0.565. The molecule has 18 heavy (non-hydrogen) atoms. The molecule has 3 nitrogen and oxygen atoms in total. The van der Waals surface area contributed by atoms with E-state index in [-0.39, 0.29) is 0 Å². The summed E-state index contributed by atoms with van der Waals surface area (Å²) < 4.78 is 5.23. The third-order valence-corrected chi connectivity index (χ3v) is 3.64. The Morgan fingerprint density at radius 2 is 2.39 bits per heavy atom. The van der Waals surface area contributed by atoms with Gasteiger partial charge in [-0.15, -0.1) is 0 Å². The van der Waals surface area contributed by atoms with Gasteiger partial charge in [-0.3, -0.25) is 0 Å². The van der Waals surface area contributed by atoms with E-state index in [9.17, 15) is 0 Å². The van der Waals surface area contributed by atoms with Crippen molar-refractivity contribution in [2.75, 3.05) is 31.7 Å². The molecule has 0 N–H and O–H groups in total. The van der Waals surface area contributed by atoms with Gasteiger partial charge in [-0.1, -0.05) is 11.6 Å². The average Bonchev–Trinajstić information content (AvgIpc) is 2.39. The minimum Gasteiger partial charge on any atom is -0.384 e. The molecule has 0 bridgehead atoms. The van der Waals surface area contributed by atoms with Crippen LogP contribution in [0.25, 0.3) is 0 Å². The van der Waals surface area contributed by atoms with Crippen LogP contribution in [-0.4, -0.2) is 26.8 Å². The summed E-state index contributed by atoms with van der Waals surface area (Å²) in [7, 11) is 1.74. The first-order valence-corrected chi connectivity index (χ1v) is 6.56. The van der Waals surface area contributed by atoms with E-state index < -0.39 is 0 Å². The Bertz CT molecular complexity index is 454. The van der Waals surface area contributed by atoms with E-state index >= 15 is 0 Å². The Kier molecular flexibility index (Phi) is 4.46. The molecule has 1 heterocycles. The van der Waals surface area contributed by atoms with Crippen molar-refractivity contribution in [2.45, 2.75) is 12.8 Å². The Morgan fingerprint density at radius 1 is 1.56 bits per heavy atom. The zero-order valence-electron chi connectivity index (χ0n) is 10.5. The standard InChI is InChI=1S/C14H17ClN2O/c1-18-10-12-3-2-6-17(9-12)14-5-4-11(8-16)7-13(14)15/h4-5,7,12H,2-3,6,9-10H2,1H3. The molecule has 1 aliphatic rings. The molecule has 1 saturated heterocycles. The van der Waals surface area contributed by atoms with Crippen molar-refractivity contribution in [3.05, 3.63) is 28.8 Å². The van der Waals surface area contributed by atoms with Crippen LogP contribution in [-0.2, 0) is 4.74 Å². The highest BCUT2D eigenvalue weighted by molar-refractivity contribution is 6.33. The maximum Gasteiger partial charge on any atom is 0.0992 e. The predicted molar refractivity (Wildman–Crippen MR) is 73.0 cm³/mol. The molecule has 1 fully saturated rings. The fraction of sp³-hybridized carbons (Fsp3) is 0.500. The van der Waals surface area contributed by atoms with Gasteiger partial charge in [0.1, 0.15) is 0 Å². The van der Waals surface area contributed by atoms with Crippen molar-refractivity contribution in [2.24, 2.45) is 5.92 Å². The third kappa shape index (κ3) is 2.95. The molecule has 1 atom stereocenters. The molecular formula is C14H17ClN2O. The second kappa shape index (κ2) is 6.08. The highest BCUT2D eigenvalue weighted by Crippen LogP contribution is 2.30. The third-order valence-electron chi connectivity index (χ3n) is 3.34. The Balaban J connectivity index is 2.13. The molecule has 0 aromatic heterocycles. The number of ether oxygens (including phenoxy) is 1. The largest absolute Gasteiger partial charge is 0.384 e. The van der Waals surface area contributed by atoms with Gasteiger partial charge in [-0.25, -0.2) is 0 Å². The SMILES string of the molecule is COCC1CCCN(c2ccc(C#N)cc2Cl)C1. The van der Waals surface area contributed by atoms with Gasteiger partial charge in [0.05, 0.1) is 28.9 Å². The van der Waals surface area contributed by atoms with Crippen LogP contribution in [0, 0.1) is 17.2 Å². The summed E-state index contributed by atoms with van der Waals surface area (Å²) in [6.07, 6.45) is 2.36. The lowest BCUT2D eigenvalue weighted by atomic mass is 9.98. The molecule has 1 aliphatic heterocycles. The zero-order chi connectivity index (χ0) is 13.0. The van der Waals surface area contributed by atoms with Gasteiger partial charge in [-0.05, 0) is 37.0 Å². The molecule has 2 rings (SSSR count). The van der Waals surface area contributed by atoms with Gasteiger partial charge < -0.3 is 9.64 Å². The lowest BCUT2D eigenvalue weighted by Crippen LogP contribution is -2.37. The Morgan fingerprint density at radius 3 is 3.06 bits per heavy atom. The van der Waals surface area contributed by atoms with E-state index in [1.165, 1.54) is 6.42 Å². The molecule has 0 aliphatic carbocycles. The Labute approximate surface area is 113 Å². The number of hydrogen-bond donors (Lipinski definition) is 0. The predicted octanol–water partition coefficient (Wildman–Crippen LogP) is 3.07. The van der Waals surface area contributed by atoms with E-state index in [1.807, 2.05) is 12.1 Å². The highest BCUT2D eigenvalue weighted by Gasteiger charge is 2.21. The molecular weight excluding hydrogens is 248 g/mol. The second-order valence-electron chi connectivity index (χ2n) is 4.69. The van der Waals surface area contributed by atoms with Gasteiger partial charge in [0.2, 0.25) is 0 Å². The quantitative estimate of drug-likeness (QED) is 0.842. The van der Waals surface area contributed by atoms with Crippen LogP contribution in [0.1, 0.15) is 18.4 Å². The van der Waals surface area contributed by atoms with E-state index in [0.29, 0.717) is 16.5 Å². The molecule has 1 aromatic carbocycles. The van der Waals surface area contributed by atoms with E-state index in [0.717, 1.165) is 31.8 Å². The normalized spacial score (nSPS) is 19.6. The van der Waals surface area contributed by atoms with Crippen LogP contribution >= 0.6 is 11.6 Å². The van der Waals surface area contributed by atoms with Crippen molar-refractivity contribution in [3.63, 3.8) is 0 Å². The number of rotatable bonds is 3. The van der Waals surface area contributed by atoms with Crippen molar-refractivity contribution in [3.8, 4) is 6.07 Å².